The lowest BCUT2D eigenvalue weighted by atomic mass is 10.2. The normalized spacial score (nSPS) is 11.3. The summed E-state index contributed by atoms with van der Waals surface area (Å²) in [5.41, 5.74) is 0.925. The van der Waals surface area contributed by atoms with Crippen LogP contribution < -0.4 is 4.72 Å². The molecule has 0 unspecified atom stereocenters. The van der Waals surface area contributed by atoms with Gasteiger partial charge in [-0.3, -0.25) is 9.40 Å². The van der Waals surface area contributed by atoms with Crippen LogP contribution in [0.15, 0.2) is 35.2 Å². The number of carboxylic acids is 1. The molecule has 0 aliphatic carbocycles. The van der Waals surface area contributed by atoms with E-state index in [2.05, 4.69) is 9.82 Å². The number of hydrogen-bond acceptors (Lipinski definition) is 4. The molecule has 1 aromatic carbocycles. The predicted molar refractivity (Wildman–Crippen MR) is 76.8 cm³/mol. The average Bonchev–Trinajstić information content (AvgIpc) is 2.79. The lowest BCUT2D eigenvalue weighted by Crippen LogP contribution is -2.13. The van der Waals surface area contributed by atoms with Crippen molar-refractivity contribution in [3.63, 3.8) is 0 Å². The Kier molecular flexibility index (Phi) is 3.99. The quantitative estimate of drug-likeness (QED) is 0.871. The second-order valence-electron chi connectivity index (χ2n) is 4.45. The summed E-state index contributed by atoms with van der Waals surface area (Å²) in [5.74, 6) is -1.21. The number of rotatable bonds is 5. The van der Waals surface area contributed by atoms with E-state index < -0.39 is 16.0 Å². The van der Waals surface area contributed by atoms with Crippen LogP contribution in [0.3, 0.4) is 0 Å². The van der Waals surface area contributed by atoms with E-state index in [0.29, 0.717) is 0 Å². The molecule has 0 atom stereocenters. The first-order valence-electron chi connectivity index (χ1n) is 6.22. The van der Waals surface area contributed by atoms with Crippen LogP contribution in [0.5, 0.6) is 0 Å². The zero-order valence-electron chi connectivity index (χ0n) is 11.6. The minimum atomic E-state index is -3.79. The molecule has 0 fully saturated rings. The maximum Gasteiger partial charge on any atom is 0.354 e. The third-order valence-electron chi connectivity index (χ3n) is 2.98. The topological polar surface area (TPSA) is 101 Å². The number of carboxylic acid groups (broad SMARTS) is 1. The molecule has 1 aromatic heterocycles. The van der Waals surface area contributed by atoms with Crippen LogP contribution in [-0.2, 0) is 23.5 Å². The van der Waals surface area contributed by atoms with E-state index in [9.17, 15) is 13.2 Å². The van der Waals surface area contributed by atoms with Gasteiger partial charge in [0.05, 0.1) is 4.90 Å². The standard InChI is InChI=1S/C13H15N3O4S/c1-3-9-4-6-10(7-5-9)21(19,20)15-12-8-11(13(17)18)16(2)14-12/h4-8H,3H2,1-2H3,(H,14,15)(H,17,18). The van der Waals surface area contributed by atoms with Crippen LogP contribution in [0.1, 0.15) is 23.0 Å². The average molecular weight is 309 g/mol. The lowest BCUT2D eigenvalue weighted by molar-refractivity contribution is 0.0685. The van der Waals surface area contributed by atoms with E-state index in [0.717, 1.165) is 16.7 Å². The SMILES string of the molecule is CCc1ccc(S(=O)(=O)Nc2cc(C(=O)O)n(C)n2)cc1. The fourth-order valence-corrected chi connectivity index (χ4v) is 2.81. The van der Waals surface area contributed by atoms with Crippen molar-refractivity contribution in [2.45, 2.75) is 18.2 Å². The van der Waals surface area contributed by atoms with E-state index in [1.54, 1.807) is 12.1 Å². The highest BCUT2D eigenvalue weighted by molar-refractivity contribution is 7.92. The maximum atomic E-state index is 12.2. The molecule has 8 heteroatoms. The fraction of sp³-hybridized carbons (Fsp3) is 0.231. The number of sulfonamides is 1. The van der Waals surface area contributed by atoms with Crippen molar-refractivity contribution in [1.29, 1.82) is 0 Å². The van der Waals surface area contributed by atoms with Crippen LogP contribution >= 0.6 is 0 Å². The fourth-order valence-electron chi connectivity index (χ4n) is 1.82. The van der Waals surface area contributed by atoms with Crippen molar-refractivity contribution in [3.05, 3.63) is 41.6 Å². The molecule has 2 aromatic rings. The molecule has 112 valence electrons. The molecule has 7 nitrogen and oxygen atoms in total. The molecular formula is C13H15N3O4S. The Balaban J connectivity index is 2.28. The van der Waals surface area contributed by atoms with Gasteiger partial charge in [0, 0.05) is 13.1 Å². The zero-order chi connectivity index (χ0) is 15.6. The van der Waals surface area contributed by atoms with Crippen molar-refractivity contribution in [3.8, 4) is 0 Å². The van der Waals surface area contributed by atoms with Crippen molar-refractivity contribution in [1.82, 2.24) is 9.78 Å². The van der Waals surface area contributed by atoms with Gasteiger partial charge in [-0.05, 0) is 24.1 Å². The van der Waals surface area contributed by atoms with Gasteiger partial charge in [-0.15, -0.1) is 0 Å². The molecule has 0 saturated carbocycles. The second-order valence-corrected chi connectivity index (χ2v) is 6.13. The van der Waals surface area contributed by atoms with Gasteiger partial charge in [0.15, 0.2) is 5.82 Å². The number of aromatic carboxylic acids is 1. The van der Waals surface area contributed by atoms with Crippen molar-refractivity contribution in [2.75, 3.05) is 4.72 Å². The van der Waals surface area contributed by atoms with Gasteiger partial charge in [0.2, 0.25) is 0 Å². The van der Waals surface area contributed by atoms with Gasteiger partial charge in [-0.1, -0.05) is 19.1 Å². The Morgan fingerprint density at radius 3 is 2.43 bits per heavy atom. The maximum absolute atomic E-state index is 12.2. The molecular weight excluding hydrogens is 294 g/mol. The summed E-state index contributed by atoms with van der Waals surface area (Å²) >= 11 is 0. The van der Waals surface area contributed by atoms with Crippen LogP contribution in [0, 0.1) is 0 Å². The van der Waals surface area contributed by atoms with E-state index in [1.165, 1.54) is 25.2 Å². The Labute approximate surface area is 122 Å². The highest BCUT2D eigenvalue weighted by Crippen LogP contribution is 2.16. The van der Waals surface area contributed by atoms with Gasteiger partial charge >= 0.3 is 5.97 Å². The molecule has 0 bridgehead atoms. The Bertz CT molecular complexity index is 763. The molecule has 0 aliphatic rings. The molecule has 0 amide bonds. The van der Waals surface area contributed by atoms with Crippen LogP contribution in [0.25, 0.3) is 0 Å². The molecule has 21 heavy (non-hydrogen) atoms. The molecule has 2 rings (SSSR count). The van der Waals surface area contributed by atoms with Gasteiger partial charge in [0.1, 0.15) is 5.69 Å². The summed E-state index contributed by atoms with van der Waals surface area (Å²) in [7, 11) is -2.36. The van der Waals surface area contributed by atoms with Gasteiger partial charge < -0.3 is 5.11 Å². The number of benzene rings is 1. The molecule has 1 heterocycles. The summed E-state index contributed by atoms with van der Waals surface area (Å²) in [6, 6.07) is 7.63. The van der Waals surface area contributed by atoms with E-state index in [4.69, 9.17) is 5.11 Å². The summed E-state index contributed by atoms with van der Waals surface area (Å²) in [6.07, 6.45) is 0.815. The highest BCUT2D eigenvalue weighted by atomic mass is 32.2. The number of aryl methyl sites for hydroxylation is 2. The predicted octanol–water partition coefficient (Wildman–Crippen LogP) is 1.48. The Morgan fingerprint density at radius 2 is 1.95 bits per heavy atom. The van der Waals surface area contributed by atoms with E-state index in [-0.39, 0.29) is 16.4 Å². The van der Waals surface area contributed by atoms with Gasteiger partial charge in [0.25, 0.3) is 10.0 Å². The minimum Gasteiger partial charge on any atom is -0.477 e. The Hall–Kier alpha value is -2.35. The van der Waals surface area contributed by atoms with Crippen LogP contribution in [-0.4, -0.2) is 29.3 Å². The van der Waals surface area contributed by atoms with Crippen molar-refractivity contribution >= 4 is 21.8 Å². The van der Waals surface area contributed by atoms with E-state index >= 15 is 0 Å². The summed E-state index contributed by atoms with van der Waals surface area (Å²) in [5, 5.41) is 12.7. The number of hydrogen-bond donors (Lipinski definition) is 2. The summed E-state index contributed by atoms with van der Waals surface area (Å²) in [4.78, 5) is 11.0. The number of anilines is 1. The molecule has 0 radical (unpaired) electrons. The Morgan fingerprint density at radius 1 is 1.33 bits per heavy atom. The second kappa shape index (κ2) is 5.57. The van der Waals surface area contributed by atoms with Crippen molar-refractivity contribution in [2.24, 2.45) is 7.05 Å². The third-order valence-corrected chi connectivity index (χ3v) is 4.35. The van der Waals surface area contributed by atoms with Gasteiger partial charge in [-0.2, -0.15) is 5.10 Å². The number of carbonyl (C=O) groups is 1. The number of nitrogens with one attached hydrogen (secondary N) is 1. The number of nitrogens with zero attached hydrogens (tertiary/aromatic N) is 2. The summed E-state index contributed by atoms with van der Waals surface area (Å²) < 4.78 is 27.7. The monoisotopic (exact) mass is 309 g/mol. The largest absolute Gasteiger partial charge is 0.477 e. The molecule has 0 saturated heterocycles. The van der Waals surface area contributed by atoms with Crippen LogP contribution in [0.2, 0.25) is 0 Å². The first-order valence-corrected chi connectivity index (χ1v) is 7.71. The van der Waals surface area contributed by atoms with Gasteiger partial charge in [-0.25, -0.2) is 13.2 Å². The van der Waals surface area contributed by atoms with E-state index in [1.807, 2.05) is 6.92 Å². The third kappa shape index (κ3) is 3.22. The molecule has 0 aliphatic heterocycles. The molecule has 0 spiro atoms. The highest BCUT2D eigenvalue weighted by Gasteiger charge is 2.18. The first-order chi connectivity index (χ1) is 9.83. The van der Waals surface area contributed by atoms with Crippen molar-refractivity contribution < 1.29 is 18.3 Å². The first kappa shape index (κ1) is 15.0. The zero-order valence-corrected chi connectivity index (χ0v) is 12.4. The number of aromatic nitrogens is 2. The smallest absolute Gasteiger partial charge is 0.354 e. The lowest BCUT2D eigenvalue weighted by Gasteiger charge is -2.05. The summed E-state index contributed by atoms with van der Waals surface area (Å²) in [6.45, 7) is 1.98. The molecule has 2 N–H and O–H groups in total. The van der Waals surface area contributed by atoms with Crippen LogP contribution in [0.4, 0.5) is 5.82 Å². The minimum absolute atomic E-state index is 0.0329.